The lowest BCUT2D eigenvalue weighted by atomic mass is 10.1. The molecule has 0 aliphatic heterocycles. The van der Waals surface area contributed by atoms with Crippen molar-refractivity contribution in [2.45, 2.75) is 6.42 Å². The van der Waals surface area contributed by atoms with Crippen LogP contribution in [-0.4, -0.2) is 29.3 Å². The molecule has 1 N–H and O–H groups in total. The van der Waals surface area contributed by atoms with E-state index in [1.165, 1.54) is 13.2 Å². The summed E-state index contributed by atoms with van der Waals surface area (Å²) >= 11 is 0. The van der Waals surface area contributed by atoms with Crippen molar-refractivity contribution < 1.29 is 13.9 Å². The van der Waals surface area contributed by atoms with E-state index in [0.29, 0.717) is 24.3 Å². The number of methoxy groups -OCH3 is 1. The molecule has 25 heavy (non-hydrogen) atoms. The molecule has 0 fully saturated rings. The third-order valence-corrected chi connectivity index (χ3v) is 3.77. The standard InChI is InChI=1S/C19H18FN3O2/c1-25-17-13-23(15-8-3-2-4-9-15)22-18(17)19(24)21-12-11-14-7-5-6-10-16(14)20/h2-10,13H,11-12H2,1H3,(H,21,24). The molecule has 1 aromatic heterocycles. The number of nitrogens with one attached hydrogen (secondary N) is 1. The van der Waals surface area contributed by atoms with Gasteiger partial charge in [-0.25, -0.2) is 9.07 Å². The Balaban J connectivity index is 1.69. The molecule has 3 rings (SSSR count). The van der Waals surface area contributed by atoms with E-state index < -0.39 is 0 Å². The number of benzene rings is 2. The van der Waals surface area contributed by atoms with Gasteiger partial charge >= 0.3 is 0 Å². The predicted octanol–water partition coefficient (Wildman–Crippen LogP) is 2.99. The summed E-state index contributed by atoms with van der Waals surface area (Å²) < 4.78 is 20.4. The number of hydrogen-bond acceptors (Lipinski definition) is 3. The molecule has 0 saturated carbocycles. The van der Waals surface area contributed by atoms with Gasteiger partial charge in [0.25, 0.3) is 5.91 Å². The Bertz CT molecular complexity index is 862. The number of halogens is 1. The Hall–Kier alpha value is -3.15. The number of para-hydroxylation sites is 1. The van der Waals surface area contributed by atoms with E-state index in [1.54, 1.807) is 29.1 Å². The smallest absolute Gasteiger partial charge is 0.275 e. The number of carbonyl (C=O) groups is 1. The molecule has 0 unspecified atom stereocenters. The number of amides is 1. The Morgan fingerprint density at radius 1 is 1.16 bits per heavy atom. The van der Waals surface area contributed by atoms with Gasteiger partial charge in [0.1, 0.15) is 5.82 Å². The molecular weight excluding hydrogens is 321 g/mol. The highest BCUT2D eigenvalue weighted by Gasteiger charge is 2.18. The summed E-state index contributed by atoms with van der Waals surface area (Å²) in [4.78, 5) is 12.4. The summed E-state index contributed by atoms with van der Waals surface area (Å²) in [7, 11) is 1.49. The van der Waals surface area contributed by atoms with E-state index in [0.717, 1.165) is 5.69 Å². The van der Waals surface area contributed by atoms with Crippen LogP contribution in [0.5, 0.6) is 5.75 Å². The highest BCUT2D eigenvalue weighted by atomic mass is 19.1. The Kier molecular flexibility index (Phi) is 5.09. The molecular formula is C19H18FN3O2. The first-order chi connectivity index (χ1) is 12.2. The van der Waals surface area contributed by atoms with E-state index in [9.17, 15) is 9.18 Å². The van der Waals surface area contributed by atoms with Crippen LogP contribution < -0.4 is 10.1 Å². The van der Waals surface area contributed by atoms with E-state index in [4.69, 9.17) is 4.74 Å². The summed E-state index contributed by atoms with van der Waals surface area (Å²) in [5, 5.41) is 7.05. The van der Waals surface area contributed by atoms with Crippen molar-refractivity contribution in [1.82, 2.24) is 15.1 Å². The second-order valence-corrected chi connectivity index (χ2v) is 5.42. The van der Waals surface area contributed by atoms with E-state index in [-0.39, 0.29) is 17.4 Å². The average Bonchev–Trinajstić information content (AvgIpc) is 3.08. The number of carbonyl (C=O) groups excluding carboxylic acids is 1. The lowest BCUT2D eigenvalue weighted by Crippen LogP contribution is -2.26. The second-order valence-electron chi connectivity index (χ2n) is 5.42. The van der Waals surface area contributed by atoms with Gasteiger partial charge in [0, 0.05) is 6.54 Å². The molecule has 0 aliphatic carbocycles. The zero-order valence-electron chi connectivity index (χ0n) is 13.8. The van der Waals surface area contributed by atoms with Crippen LogP contribution in [0.15, 0.2) is 60.8 Å². The van der Waals surface area contributed by atoms with Crippen molar-refractivity contribution in [1.29, 1.82) is 0 Å². The predicted molar refractivity (Wildman–Crippen MR) is 92.6 cm³/mol. The summed E-state index contributed by atoms with van der Waals surface area (Å²) in [6, 6.07) is 16.0. The van der Waals surface area contributed by atoms with Crippen molar-refractivity contribution in [2.24, 2.45) is 0 Å². The first kappa shape index (κ1) is 16.7. The van der Waals surface area contributed by atoms with Crippen LogP contribution in [0.25, 0.3) is 5.69 Å². The molecule has 0 aliphatic rings. The first-order valence-electron chi connectivity index (χ1n) is 7.89. The van der Waals surface area contributed by atoms with Crippen LogP contribution in [0.2, 0.25) is 0 Å². The molecule has 6 heteroatoms. The third-order valence-electron chi connectivity index (χ3n) is 3.77. The number of ether oxygens (including phenoxy) is 1. The van der Waals surface area contributed by atoms with Crippen molar-refractivity contribution >= 4 is 5.91 Å². The number of nitrogens with zero attached hydrogens (tertiary/aromatic N) is 2. The fourth-order valence-corrected chi connectivity index (χ4v) is 2.47. The Morgan fingerprint density at radius 2 is 1.88 bits per heavy atom. The van der Waals surface area contributed by atoms with E-state index in [1.807, 2.05) is 30.3 Å². The second kappa shape index (κ2) is 7.61. The van der Waals surface area contributed by atoms with Crippen LogP contribution in [-0.2, 0) is 6.42 Å². The molecule has 1 heterocycles. The van der Waals surface area contributed by atoms with Crippen LogP contribution in [0.1, 0.15) is 16.1 Å². The number of rotatable bonds is 6. The van der Waals surface area contributed by atoms with Gasteiger partial charge in [0.2, 0.25) is 0 Å². The van der Waals surface area contributed by atoms with Gasteiger partial charge < -0.3 is 10.1 Å². The Labute approximate surface area is 145 Å². The molecule has 5 nitrogen and oxygen atoms in total. The van der Waals surface area contributed by atoms with Gasteiger partial charge in [-0.3, -0.25) is 4.79 Å². The molecule has 0 atom stereocenters. The van der Waals surface area contributed by atoms with Crippen molar-refractivity contribution in [2.75, 3.05) is 13.7 Å². The molecule has 0 bridgehead atoms. The zero-order valence-corrected chi connectivity index (χ0v) is 13.8. The zero-order chi connectivity index (χ0) is 17.6. The Morgan fingerprint density at radius 3 is 2.60 bits per heavy atom. The molecule has 2 aromatic carbocycles. The molecule has 3 aromatic rings. The minimum absolute atomic E-state index is 0.194. The molecule has 0 radical (unpaired) electrons. The average molecular weight is 339 g/mol. The van der Waals surface area contributed by atoms with Crippen LogP contribution in [0.4, 0.5) is 4.39 Å². The van der Waals surface area contributed by atoms with Gasteiger partial charge in [-0.1, -0.05) is 36.4 Å². The molecule has 1 amide bonds. The summed E-state index contributed by atoms with van der Waals surface area (Å²) in [6.45, 7) is 0.307. The summed E-state index contributed by atoms with van der Waals surface area (Å²) in [5.41, 5.74) is 1.58. The first-order valence-corrected chi connectivity index (χ1v) is 7.89. The molecule has 0 spiro atoms. The topological polar surface area (TPSA) is 56.2 Å². The number of aromatic nitrogens is 2. The maximum atomic E-state index is 13.6. The highest BCUT2D eigenvalue weighted by Crippen LogP contribution is 2.19. The van der Waals surface area contributed by atoms with E-state index in [2.05, 4.69) is 10.4 Å². The maximum Gasteiger partial charge on any atom is 0.275 e. The fourth-order valence-electron chi connectivity index (χ4n) is 2.47. The van der Waals surface area contributed by atoms with Gasteiger partial charge in [-0.15, -0.1) is 0 Å². The fraction of sp³-hybridized carbons (Fsp3) is 0.158. The number of hydrogen-bond donors (Lipinski definition) is 1. The van der Waals surface area contributed by atoms with E-state index >= 15 is 0 Å². The minimum atomic E-state index is -0.358. The van der Waals surface area contributed by atoms with Crippen LogP contribution in [0, 0.1) is 5.82 Å². The van der Waals surface area contributed by atoms with Crippen LogP contribution >= 0.6 is 0 Å². The monoisotopic (exact) mass is 339 g/mol. The largest absolute Gasteiger partial charge is 0.493 e. The lowest BCUT2D eigenvalue weighted by molar-refractivity contribution is 0.0945. The molecule has 128 valence electrons. The summed E-state index contributed by atoms with van der Waals surface area (Å²) in [6.07, 6.45) is 2.06. The normalized spacial score (nSPS) is 10.5. The summed E-state index contributed by atoms with van der Waals surface area (Å²) in [5.74, 6) is -0.252. The van der Waals surface area contributed by atoms with Crippen LogP contribution in [0.3, 0.4) is 0 Å². The molecule has 0 saturated heterocycles. The third kappa shape index (κ3) is 3.85. The highest BCUT2D eigenvalue weighted by molar-refractivity contribution is 5.94. The van der Waals surface area contributed by atoms with Gasteiger partial charge in [0.15, 0.2) is 11.4 Å². The van der Waals surface area contributed by atoms with Crippen molar-refractivity contribution in [3.63, 3.8) is 0 Å². The maximum absolute atomic E-state index is 13.6. The van der Waals surface area contributed by atoms with Gasteiger partial charge in [-0.2, -0.15) is 5.10 Å². The SMILES string of the molecule is COc1cn(-c2ccccc2)nc1C(=O)NCCc1ccccc1F. The lowest BCUT2D eigenvalue weighted by Gasteiger charge is -2.05. The van der Waals surface area contributed by atoms with Gasteiger partial charge in [-0.05, 0) is 30.2 Å². The van der Waals surface area contributed by atoms with Crippen molar-refractivity contribution in [3.8, 4) is 11.4 Å². The quantitative estimate of drug-likeness (QED) is 0.751. The van der Waals surface area contributed by atoms with Crippen molar-refractivity contribution in [3.05, 3.63) is 77.9 Å². The minimum Gasteiger partial charge on any atom is -0.493 e. The van der Waals surface area contributed by atoms with Gasteiger partial charge in [0.05, 0.1) is 19.0 Å².